The van der Waals surface area contributed by atoms with E-state index in [1.807, 2.05) is 49.6 Å². The third-order valence-electron chi connectivity index (χ3n) is 3.41. The highest BCUT2D eigenvalue weighted by Gasteiger charge is 2.14. The molecule has 3 aromatic rings. The lowest BCUT2D eigenvalue weighted by atomic mass is 10.2. The molecule has 1 atom stereocenters. The van der Waals surface area contributed by atoms with E-state index in [1.165, 1.54) is 0 Å². The molecule has 2 heterocycles. The third-order valence-corrected chi connectivity index (χ3v) is 4.62. The van der Waals surface area contributed by atoms with Crippen LogP contribution in [0.25, 0.3) is 10.1 Å². The summed E-state index contributed by atoms with van der Waals surface area (Å²) >= 11 is 1.55. The van der Waals surface area contributed by atoms with E-state index in [0.29, 0.717) is 5.69 Å². The van der Waals surface area contributed by atoms with Crippen LogP contribution in [0, 0.1) is 0 Å². The van der Waals surface area contributed by atoms with Crippen molar-refractivity contribution in [1.29, 1.82) is 0 Å². The van der Waals surface area contributed by atoms with Gasteiger partial charge in [-0.05, 0) is 29.7 Å². The number of nitrogens with one attached hydrogen (secondary N) is 1. The van der Waals surface area contributed by atoms with Crippen molar-refractivity contribution in [2.45, 2.75) is 6.10 Å². The van der Waals surface area contributed by atoms with Crippen molar-refractivity contribution in [2.24, 2.45) is 7.05 Å². The van der Waals surface area contributed by atoms with Gasteiger partial charge in [-0.15, -0.1) is 11.3 Å². The number of rotatable bonds is 4. The van der Waals surface area contributed by atoms with Crippen LogP contribution in [0.2, 0.25) is 0 Å². The van der Waals surface area contributed by atoms with Gasteiger partial charge in [0.05, 0.1) is 0 Å². The summed E-state index contributed by atoms with van der Waals surface area (Å²) in [4.78, 5) is 12.9. The molecule has 2 N–H and O–H groups in total. The largest absolute Gasteiger partial charge is 0.386 e. The summed E-state index contributed by atoms with van der Waals surface area (Å²) in [7, 11) is 1.82. The van der Waals surface area contributed by atoms with Gasteiger partial charge in [-0.25, -0.2) is 0 Å². The Hall–Kier alpha value is -2.11. The third kappa shape index (κ3) is 2.84. The van der Waals surface area contributed by atoms with Crippen molar-refractivity contribution in [3.63, 3.8) is 0 Å². The first-order valence-electron chi connectivity index (χ1n) is 6.71. The Balaban J connectivity index is 1.67. The van der Waals surface area contributed by atoms with Crippen molar-refractivity contribution >= 4 is 27.3 Å². The van der Waals surface area contributed by atoms with E-state index in [1.54, 1.807) is 22.0 Å². The van der Waals surface area contributed by atoms with Gasteiger partial charge >= 0.3 is 0 Å². The monoisotopic (exact) mass is 300 g/mol. The highest BCUT2D eigenvalue weighted by molar-refractivity contribution is 7.19. The highest BCUT2D eigenvalue weighted by Crippen LogP contribution is 2.29. The lowest BCUT2D eigenvalue weighted by molar-refractivity contribution is 0.0910. The Morgan fingerprint density at radius 1 is 1.33 bits per heavy atom. The molecule has 3 rings (SSSR count). The number of hydrogen-bond donors (Lipinski definition) is 2. The minimum atomic E-state index is -0.688. The second-order valence-electron chi connectivity index (χ2n) is 4.92. The number of nitrogens with zero attached hydrogens (tertiary/aromatic N) is 1. The maximum absolute atomic E-state index is 12.0. The Bertz CT molecular complexity index is 742. The van der Waals surface area contributed by atoms with Crippen LogP contribution in [0.15, 0.2) is 48.7 Å². The average Bonchev–Trinajstić information content (AvgIpc) is 3.10. The van der Waals surface area contributed by atoms with E-state index < -0.39 is 6.10 Å². The fraction of sp³-hybridized carbons (Fsp3) is 0.188. The number of aromatic nitrogens is 1. The molecule has 0 saturated heterocycles. The number of fused-ring (bicyclic) bond motifs is 1. The topological polar surface area (TPSA) is 54.3 Å². The van der Waals surface area contributed by atoms with Crippen LogP contribution < -0.4 is 5.32 Å². The van der Waals surface area contributed by atoms with E-state index in [0.717, 1.165) is 15.0 Å². The highest BCUT2D eigenvalue weighted by atomic mass is 32.1. The van der Waals surface area contributed by atoms with Gasteiger partial charge in [-0.1, -0.05) is 18.2 Å². The van der Waals surface area contributed by atoms with Crippen LogP contribution in [0.5, 0.6) is 0 Å². The van der Waals surface area contributed by atoms with E-state index in [2.05, 4.69) is 5.32 Å². The number of carbonyl (C=O) groups excluding carboxylic acids is 1. The summed E-state index contributed by atoms with van der Waals surface area (Å²) in [5.41, 5.74) is 0.582. The quantitative estimate of drug-likeness (QED) is 0.778. The molecule has 0 fully saturated rings. The number of benzene rings is 1. The van der Waals surface area contributed by atoms with Gasteiger partial charge in [0, 0.05) is 29.4 Å². The van der Waals surface area contributed by atoms with E-state index in [-0.39, 0.29) is 12.5 Å². The van der Waals surface area contributed by atoms with Crippen molar-refractivity contribution in [3.8, 4) is 0 Å². The molecule has 0 aliphatic rings. The molecule has 0 bridgehead atoms. The van der Waals surface area contributed by atoms with Crippen LogP contribution in [0.3, 0.4) is 0 Å². The van der Waals surface area contributed by atoms with E-state index in [9.17, 15) is 9.90 Å². The zero-order valence-corrected chi connectivity index (χ0v) is 12.4. The number of hydrogen-bond acceptors (Lipinski definition) is 3. The van der Waals surface area contributed by atoms with Crippen molar-refractivity contribution < 1.29 is 9.90 Å². The summed E-state index contributed by atoms with van der Waals surface area (Å²) < 4.78 is 2.89. The van der Waals surface area contributed by atoms with Crippen LogP contribution >= 0.6 is 11.3 Å². The molecular formula is C16H16N2O2S. The summed E-state index contributed by atoms with van der Waals surface area (Å²) in [6.07, 6.45) is 1.13. The molecule has 2 aromatic heterocycles. The zero-order valence-electron chi connectivity index (χ0n) is 11.6. The maximum atomic E-state index is 12.0. The van der Waals surface area contributed by atoms with Crippen LogP contribution in [0.4, 0.5) is 0 Å². The fourth-order valence-electron chi connectivity index (χ4n) is 2.24. The van der Waals surface area contributed by atoms with Crippen LogP contribution in [0.1, 0.15) is 21.5 Å². The predicted octanol–water partition coefficient (Wildman–Crippen LogP) is 2.70. The summed E-state index contributed by atoms with van der Waals surface area (Å²) in [5.74, 6) is -0.178. The Morgan fingerprint density at radius 2 is 2.14 bits per heavy atom. The molecule has 1 unspecified atom stereocenters. The molecule has 1 aromatic carbocycles. The predicted molar refractivity (Wildman–Crippen MR) is 84.5 cm³/mol. The molecular weight excluding hydrogens is 284 g/mol. The first kappa shape index (κ1) is 13.9. The molecule has 0 aliphatic carbocycles. The number of carbonyl (C=O) groups is 1. The lowest BCUT2D eigenvalue weighted by Crippen LogP contribution is -2.29. The fourth-order valence-corrected chi connectivity index (χ4v) is 3.29. The average molecular weight is 300 g/mol. The number of aryl methyl sites for hydroxylation is 1. The van der Waals surface area contributed by atoms with Crippen molar-refractivity contribution in [1.82, 2.24) is 9.88 Å². The number of amides is 1. The second-order valence-corrected chi connectivity index (χ2v) is 6.03. The first-order valence-corrected chi connectivity index (χ1v) is 7.53. The van der Waals surface area contributed by atoms with Gasteiger partial charge in [0.1, 0.15) is 11.8 Å². The van der Waals surface area contributed by atoms with Crippen molar-refractivity contribution in [3.05, 3.63) is 59.2 Å². The molecule has 4 nitrogen and oxygen atoms in total. The second kappa shape index (κ2) is 5.71. The van der Waals surface area contributed by atoms with Gasteiger partial charge in [0.15, 0.2) is 0 Å². The standard InChI is InChI=1S/C16H16N2O2S/c1-18-8-4-6-12(18)16(20)17-10-13(19)15-9-11-5-2-3-7-14(11)21-15/h2-9,13,19H,10H2,1H3,(H,17,20). The Labute approximate surface area is 126 Å². The number of aliphatic hydroxyl groups excluding tert-OH is 1. The Morgan fingerprint density at radius 3 is 2.86 bits per heavy atom. The van der Waals surface area contributed by atoms with Crippen LogP contribution in [-0.4, -0.2) is 22.1 Å². The van der Waals surface area contributed by atoms with Gasteiger partial charge < -0.3 is 15.0 Å². The number of thiophene rings is 1. The van der Waals surface area contributed by atoms with Gasteiger partial charge in [-0.2, -0.15) is 0 Å². The normalized spacial score (nSPS) is 12.5. The summed E-state index contributed by atoms with van der Waals surface area (Å²) in [6.45, 7) is 0.205. The first-order chi connectivity index (χ1) is 10.1. The van der Waals surface area contributed by atoms with Crippen LogP contribution in [-0.2, 0) is 7.05 Å². The molecule has 21 heavy (non-hydrogen) atoms. The van der Waals surface area contributed by atoms with Gasteiger partial charge in [-0.3, -0.25) is 4.79 Å². The lowest BCUT2D eigenvalue weighted by Gasteiger charge is -2.10. The molecule has 0 spiro atoms. The summed E-state index contributed by atoms with van der Waals surface area (Å²) in [6, 6.07) is 13.5. The minimum absolute atomic E-state index is 0.178. The molecule has 5 heteroatoms. The van der Waals surface area contributed by atoms with Gasteiger partial charge in [0.25, 0.3) is 5.91 Å². The maximum Gasteiger partial charge on any atom is 0.267 e. The number of aliphatic hydroxyl groups is 1. The summed E-state index contributed by atoms with van der Waals surface area (Å²) in [5, 5.41) is 14.1. The van der Waals surface area contributed by atoms with E-state index in [4.69, 9.17) is 0 Å². The molecule has 0 saturated carbocycles. The SMILES string of the molecule is Cn1cccc1C(=O)NCC(O)c1cc2ccccc2s1. The molecule has 0 radical (unpaired) electrons. The molecule has 108 valence electrons. The van der Waals surface area contributed by atoms with Crippen molar-refractivity contribution in [2.75, 3.05) is 6.54 Å². The van der Waals surface area contributed by atoms with E-state index >= 15 is 0 Å². The molecule has 1 amide bonds. The Kier molecular flexibility index (Phi) is 3.77. The molecule has 0 aliphatic heterocycles. The van der Waals surface area contributed by atoms with Gasteiger partial charge in [0.2, 0.25) is 0 Å². The smallest absolute Gasteiger partial charge is 0.267 e. The minimum Gasteiger partial charge on any atom is -0.386 e. The zero-order chi connectivity index (χ0) is 14.8.